The van der Waals surface area contributed by atoms with E-state index < -0.39 is 15.9 Å². The molecule has 0 radical (unpaired) electrons. The van der Waals surface area contributed by atoms with E-state index in [9.17, 15) is 22.9 Å². The van der Waals surface area contributed by atoms with Crippen LogP contribution in [0.2, 0.25) is 5.02 Å². The monoisotopic (exact) mass is 963 g/mol. The second-order valence-electron chi connectivity index (χ2n) is 18.3. The van der Waals surface area contributed by atoms with E-state index in [2.05, 4.69) is 37.0 Å². The molecule has 1 aromatic heterocycles. The van der Waals surface area contributed by atoms with Crippen molar-refractivity contribution in [2.24, 2.45) is 11.3 Å². The van der Waals surface area contributed by atoms with E-state index in [0.717, 1.165) is 83.6 Å². The van der Waals surface area contributed by atoms with Crippen molar-refractivity contribution in [1.82, 2.24) is 14.6 Å². The molecule has 1 unspecified atom stereocenters. The standard InChI is InChI=1S/C54H51ClN6O7S/c1-35-12-13-40(30-46(35)55)57-48-19-16-44(32-49(48)58-64)69(65,66)59-52(62)45-17-14-41(31-50(45)68-43-15-18-47-38(28-43)20-25-56-47)60-26-21-36(22-27-60)33-61-51(54(53(61)63)23-5-6-24-54)39-10-7-11-42(29-39)67-34-37-8-3-2-4-9-37/h2-4,7-20,25,28-32,36,51,56-57H,5-6,21-24,26-27,33-34H2,1H3,(H,59,62)/p+1. The van der Waals surface area contributed by atoms with Gasteiger partial charge in [-0.25, -0.2) is 13.1 Å². The summed E-state index contributed by atoms with van der Waals surface area (Å²) in [4.78, 5) is 47.4. The first-order valence-electron chi connectivity index (χ1n) is 23.3. The molecule has 2 aliphatic heterocycles. The van der Waals surface area contributed by atoms with Crippen LogP contribution in [0.3, 0.4) is 0 Å². The van der Waals surface area contributed by atoms with Crippen molar-refractivity contribution in [2.45, 2.75) is 63.0 Å². The van der Waals surface area contributed by atoms with Gasteiger partial charge in [0, 0.05) is 75.3 Å². The number of rotatable bonds is 15. The molecule has 3 fully saturated rings. The molecule has 69 heavy (non-hydrogen) atoms. The number of nitrogens with zero attached hydrogens (tertiary/aromatic N) is 2. The summed E-state index contributed by atoms with van der Waals surface area (Å²) in [5.41, 5.74) is 5.31. The minimum Gasteiger partial charge on any atom is -0.489 e. The van der Waals surface area contributed by atoms with Gasteiger partial charge in [-0.05, 0) is 128 Å². The number of hydrogen-bond acceptors (Lipinski definition) is 9. The lowest BCUT2D eigenvalue weighted by Gasteiger charge is -2.56. The number of piperidine rings is 1. The molecule has 2 saturated heterocycles. The first-order chi connectivity index (χ1) is 33.5. The number of ether oxygens (including phenoxy) is 2. The van der Waals surface area contributed by atoms with Crippen molar-refractivity contribution in [1.29, 1.82) is 0 Å². The van der Waals surface area contributed by atoms with Gasteiger partial charge in [0.15, 0.2) is 0 Å². The average molecular weight is 965 g/mol. The number of sulfonamides is 1. The third kappa shape index (κ3) is 9.38. The van der Waals surface area contributed by atoms with Crippen molar-refractivity contribution in [2.75, 3.05) is 29.9 Å². The maximum absolute atomic E-state index is 14.1. The molecule has 1 atom stereocenters. The number of anilines is 3. The predicted molar refractivity (Wildman–Crippen MR) is 267 cm³/mol. The van der Waals surface area contributed by atoms with Gasteiger partial charge in [0.05, 0.1) is 21.9 Å². The van der Waals surface area contributed by atoms with Crippen molar-refractivity contribution in [3.05, 3.63) is 172 Å². The number of nitrogens with one attached hydrogen (secondary N) is 4. The molecule has 13 nitrogen and oxygen atoms in total. The number of aromatic amines is 1. The van der Waals surface area contributed by atoms with E-state index in [1.165, 1.54) is 12.1 Å². The number of β-lactam (4-membered cyclic amide) rings is 1. The van der Waals surface area contributed by atoms with Gasteiger partial charge in [0.2, 0.25) is 5.91 Å². The average Bonchev–Trinajstić information content (AvgIpc) is 4.07. The van der Waals surface area contributed by atoms with E-state index in [1.54, 1.807) is 41.6 Å². The summed E-state index contributed by atoms with van der Waals surface area (Å²) < 4.78 is 42.4. The van der Waals surface area contributed by atoms with E-state index in [4.69, 9.17) is 21.1 Å². The minimum atomic E-state index is -4.48. The van der Waals surface area contributed by atoms with Crippen molar-refractivity contribution in [3.63, 3.8) is 0 Å². The molecule has 1 aliphatic carbocycles. The summed E-state index contributed by atoms with van der Waals surface area (Å²) in [6, 6.07) is 40.1. The van der Waals surface area contributed by atoms with Crippen LogP contribution in [-0.4, -0.2) is 49.8 Å². The Morgan fingerprint density at radius 1 is 0.870 bits per heavy atom. The molecule has 3 heterocycles. The highest BCUT2D eigenvalue weighted by molar-refractivity contribution is 7.90. The van der Waals surface area contributed by atoms with Crippen LogP contribution in [0.1, 0.15) is 71.6 Å². The topological polar surface area (TPSA) is 164 Å². The SMILES string of the molecule is Cc1ccc(Nc2ccc(S(=O)(=O)NC(=O)c3ccc(N4CCC(CN5C(=O)C6(CCCC6)C5c5cccc(OCc6ccccc6)c5)CC4)cc3Oc3ccc4[nH]ccc4c3)cc2[NH+]=O)cc1Cl. The Balaban J connectivity index is 0.847. The van der Waals surface area contributed by atoms with Gasteiger partial charge in [-0.3, -0.25) is 9.59 Å². The Hall–Kier alpha value is -7.16. The van der Waals surface area contributed by atoms with Gasteiger partial charge in [-0.2, -0.15) is 0 Å². The van der Waals surface area contributed by atoms with Crippen LogP contribution in [0.4, 0.5) is 22.7 Å². The Kier molecular flexibility index (Phi) is 12.6. The molecule has 4 N–H and O–H groups in total. The predicted octanol–water partition coefficient (Wildman–Crippen LogP) is 10.2. The Morgan fingerprint density at radius 3 is 2.46 bits per heavy atom. The zero-order valence-corrected chi connectivity index (χ0v) is 39.6. The Bertz CT molecular complexity index is 3180. The number of aryl methyl sites for hydroxylation is 1. The van der Waals surface area contributed by atoms with Crippen LogP contribution < -0.4 is 29.6 Å². The number of nitroso groups, excluding NO2 is 1. The van der Waals surface area contributed by atoms with Crippen LogP contribution >= 0.6 is 11.6 Å². The fourth-order valence-corrected chi connectivity index (χ4v) is 11.4. The smallest absolute Gasteiger partial charge is 0.277 e. The summed E-state index contributed by atoms with van der Waals surface area (Å²) in [6.07, 6.45) is 7.43. The number of benzene rings is 6. The van der Waals surface area contributed by atoms with Crippen molar-refractivity contribution < 1.29 is 32.7 Å². The quantitative estimate of drug-likeness (QED) is 0.0733. The second-order valence-corrected chi connectivity index (χ2v) is 20.4. The molecule has 352 valence electrons. The molecular formula is C54H52ClN6O7S+. The van der Waals surface area contributed by atoms with Gasteiger partial charge in [-0.15, -0.1) is 0 Å². The summed E-state index contributed by atoms with van der Waals surface area (Å²) >= 11 is 6.29. The fourth-order valence-electron chi connectivity index (χ4n) is 10.2. The lowest BCUT2D eigenvalue weighted by molar-refractivity contribution is -0.378. The van der Waals surface area contributed by atoms with Crippen LogP contribution in [0, 0.1) is 23.2 Å². The molecule has 15 heteroatoms. The third-order valence-corrected chi connectivity index (χ3v) is 15.7. The number of carbonyl (C=O) groups excluding carboxylic acids is 2. The van der Waals surface area contributed by atoms with Gasteiger partial charge in [-0.1, -0.05) is 73.0 Å². The molecule has 1 saturated carbocycles. The zero-order chi connectivity index (χ0) is 47.7. The maximum atomic E-state index is 14.1. The van der Waals surface area contributed by atoms with E-state index in [0.29, 0.717) is 48.4 Å². The van der Waals surface area contributed by atoms with Crippen LogP contribution in [0.15, 0.2) is 145 Å². The van der Waals surface area contributed by atoms with Crippen LogP contribution in [0.5, 0.6) is 17.2 Å². The lowest BCUT2D eigenvalue weighted by atomic mass is 9.66. The molecule has 1 spiro atoms. The summed E-state index contributed by atoms with van der Waals surface area (Å²) in [6.45, 7) is 4.42. The van der Waals surface area contributed by atoms with E-state index >= 15 is 0 Å². The lowest BCUT2D eigenvalue weighted by Crippen LogP contribution is -2.63. The van der Waals surface area contributed by atoms with E-state index in [1.807, 2.05) is 79.9 Å². The van der Waals surface area contributed by atoms with Gasteiger partial charge in [0.1, 0.15) is 29.5 Å². The molecule has 0 bridgehead atoms. The Morgan fingerprint density at radius 2 is 1.68 bits per heavy atom. The molecule has 7 aromatic rings. The van der Waals surface area contributed by atoms with Crippen molar-refractivity contribution >= 4 is 67.1 Å². The summed E-state index contributed by atoms with van der Waals surface area (Å²) in [5.74, 6) is 1.06. The Labute approximate surface area is 405 Å². The highest BCUT2D eigenvalue weighted by atomic mass is 35.5. The maximum Gasteiger partial charge on any atom is 0.277 e. The molecule has 3 aliphatic rings. The number of halogens is 1. The number of aromatic nitrogens is 1. The number of carbonyl (C=O) groups is 2. The highest BCUT2D eigenvalue weighted by Crippen LogP contribution is 2.59. The third-order valence-electron chi connectivity index (χ3n) is 13.9. The number of hydrogen-bond donors (Lipinski definition) is 4. The molecule has 2 amide bonds. The molecular weight excluding hydrogens is 912 g/mol. The van der Waals surface area contributed by atoms with Gasteiger partial charge < -0.3 is 29.6 Å². The summed E-state index contributed by atoms with van der Waals surface area (Å²) in [7, 11) is -4.48. The largest absolute Gasteiger partial charge is 0.489 e. The zero-order valence-electron chi connectivity index (χ0n) is 38.0. The minimum absolute atomic E-state index is 0.000742. The number of H-pyrrole nitrogens is 1. The van der Waals surface area contributed by atoms with Crippen molar-refractivity contribution in [3.8, 4) is 17.2 Å². The van der Waals surface area contributed by atoms with Crippen LogP contribution in [0.25, 0.3) is 10.9 Å². The summed E-state index contributed by atoms with van der Waals surface area (Å²) in [5, 5.41) is 6.31. The van der Waals surface area contributed by atoms with Gasteiger partial charge in [0.25, 0.3) is 21.6 Å². The number of amides is 2. The highest BCUT2D eigenvalue weighted by Gasteiger charge is 2.61. The second kappa shape index (κ2) is 19.1. The number of likely N-dealkylation sites (tertiary alicyclic amines) is 1. The van der Waals surface area contributed by atoms with E-state index in [-0.39, 0.29) is 45.2 Å². The molecule has 10 rings (SSSR count). The first kappa shape index (κ1) is 45.6. The van der Waals surface area contributed by atoms with Gasteiger partial charge >= 0.3 is 0 Å². The molecule has 6 aromatic carbocycles. The first-order valence-corrected chi connectivity index (χ1v) is 25.2. The normalized spacial score (nSPS) is 16.9. The fraction of sp³-hybridized carbons (Fsp3) is 0.259. The number of fused-ring (bicyclic) bond motifs is 1. The van der Waals surface area contributed by atoms with Crippen LogP contribution in [-0.2, 0) is 21.4 Å².